The van der Waals surface area contributed by atoms with Crippen molar-refractivity contribution in [1.29, 1.82) is 0 Å². The van der Waals surface area contributed by atoms with Crippen LogP contribution < -0.4 is 10.6 Å². The third-order valence-electron chi connectivity index (χ3n) is 4.18. The van der Waals surface area contributed by atoms with Gasteiger partial charge in [0.15, 0.2) is 0 Å². The summed E-state index contributed by atoms with van der Waals surface area (Å²) in [4.78, 5) is 14.4. The van der Waals surface area contributed by atoms with Crippen LogP contribution in [0.2, 0.25) is 0 Å². The monoisotopic (exact) mass is 325 g/mol. The zero-order valence-electron chi connectivity index (χ0n) is 13.6. The maximum atomic E-state index is 12.2. The molecule has 1 amide bonds. The zero-order valence-corrected chi connectivity index (χ0v) is 14.4. The molecule has 1 aromatic rings. The first-order valence-corrected chi connectivity index (χ1v) is 7.98. The van der Waals surface area contributed by atoms with E-state index in [1.54, 1.807) is 0 Å². The minimum Gasteiger partial charge on any atom is -0.325 e. The zero-order chi connectivity index (χ0) is 15.1. The van der Waals surface area contributed by atoms with Crippen molar-refractivity contribution < 1.29 is 4.79 Å². The molecule has 1 atom stereocenters. The van der Waals surface area contributed by atoms with Crippen LogP contribution in [-0.2, 0) is 11.2 Å². The largest absolute Gasteiger partial charge is 0.325 e. The van der Waals surface area contributed by atoms with Gasteiger partial charge in [0.25, 0.3) is 0 Å². The molecule has 1 aromatic carbocycles. The van der Waals surface area contributed by atoms with Gasteiger partial charge in [0.05, 0.1) is 6.54 Å². The van der Waals surface area contributed by atoms with Crippen LogP contribution in [0.1, 0.15) is 31.7 Å². The molecule has 1 saturated heterocycles. The lowest BCUT2D eigenvalue weighted by Crippen LogP contribution is -2.38. The minimum absolute atomic E-state index is 0. The molecular weight excluding hydrogens is 298 g/mol. The Morgan fingerprint density at radius 3 is 2.95 bits per heavy atom. The minimum atomic E-state index is 0. The predicted molar refractivity (Wildman–Crippen MR) is 94.8 cm³/mol. The van der Waals surface area contributed by atoms with Crippen LogP contribution in [0.25, 0.3) is 0 Å². The van der Waals surface area contributed by atoms with Crippen LogP contribution in [0.3, 0.4) is 0 Å². The lowest BCUT2D eigenvalue weighted by molar-refractivity contribution is -0.117. The standard InChI is InChI=1S/C17H27N3O.ClH/c1-3-14-6-4-7-15(12-14)19-17(21)13-20(2)16-8-5-10-18-11-9-16;/h4,6-7,12,16,18H,3,5,8-11,13H2,1-2H3,(H,19,21);1H. The predicted octanol–water partition coefficient (Wildman–Crippen LogP) is 2.68. The highest BCUT2D eigenvalue weighted by atomic mass is 35.5. The number of amides is 1. The van der Waals surface area contributed by atoms with Gasteiger partial charge in [-0.1, -0.05) is 19.1 Å². The molecule has 1 aliphatic rings. The third-order valence-corrected chi connectivity index (χ3v) is 4.18. The number of hydrogen-bond acceptors (Lipinski definition) is 3. The lowest BCUT2D eigenvalue weighted by atomic mass is 10.1. The molecule has 2 N–H and O–H groups in total. The van der Waals surface area contributed by atoms with Gasteiger partial charge < -0.3 is 10.6 Å². The second-order valence-corrected chi connectivity index (χ2v) is 5.85. The summed E-state index contributed by atoms with van der Waals surface area (Å²) in [5, 5.41) is 6.42. The van der Waals surface area contributed by atoms with Crippen LogP contribution in [-0.4, -0.2) is 43.5 Å². The molecular formula is C17H28ClN3O. The fraction of sp³-hybridized carbons (Fsp3) is 0.588. The van der Waals surface area contributed by atoms with Crippen molar-refractivity contribution in [2.24, 2.45) is 0 Å². The van der Waals surface area contributed by atoms with E-state index in [0.717, 1.165) is 31.6 Å². The molecule has 0 spiro atoms. The molecule has 124 valence electrons. The van der Waals surface area contributed by atoms with Gasteiger partial charge in [-0.25, -0.2) is 0 Å². The summed E-state index contributed by atoms with van der Waals surface area (Å²) in [6.07, 6.45) is 4.46. The Balaban J connectivity index is 0.00000242. The molecule has 22 heavy (non-hydrogen) atoms. The van der Waals surface area contributed by atoms with E-state index < -0.39 is 0 Å². The van der Waals surface area contributed by atoms with Gasteiger partial charge in [0.2, 0.25) is 5.91 Å². The first kappa shape index (κ1) is 18.9. The summed E-state index contributed by atoms with van der Waals surface area (Å²) < 4.78 is 0. The average Bonchev–Trinajstić information content (AvgIpc) is 2.76. The topological polar surface area (TPSA) is 44.4 Å². The Bertz CT molecular complexity index is 459. The molecule has 5 heteroatoms. The van der Waals surface area contributed by atoms with Gasteiger partial charge in [-0.15, -0.1) is 12.4 Å². The SMILES string of the molecule is CCc1cccc(NC(=O)CN(C)C2CCCNCC2)c1.Cl. The van der Waals surface area contributed by atoms with Crippen molar-refractivity contribution >= 4 is 24.0 Å². The van der Waals surface area contributed by atoms with Crippen LogP contribution in [0.4, 0.5) is 5.69 Å². The Morgan fingerprint density at radius 1 is 1.36 bits per heavy atom. The van der Waals surface area contributed by atoms with Crippen molar-refractivity contribution in [2.45, 2.75) is 38.6 Å². The quantitative estimate of drug-likeness (QED) is 0.875. The fourth-order valence-corrected chi connectivity index (χ4v) is 2.87. The highest BCUT2D eigenvalue weighted by Gasteiger charge is 2.18. The normalized spacial score (nSPS) is 18.4. The smallest absolute Gasteiger partial charge is 0.238 e. The van der Waals surface area contributed by atoms with Crippen molar-refractivity contribution in [3.8, 4) is 0 Å². The first-order valence-electron chi connectivity index (χ1n) is 7.98. The Morgan fingerprint density at radius 2 is 2.18 bits per heavy atom. The summed E-state index contributed by atoms with van der Waals surface area (Å²) in [5.74, 6) is 0.0722. The number of hydrogen-bond donors (Lipinski definition) is 2. The summed E-state index contributed by atoms with van der Waals surface area (Å²) in [7, 11) is 2.05. The van der Waals surface area contributed by atoms with E-state index in [2.05, 4.69) is 35.6 Å². The highest BCUT2D eigenvalue weighted by Crippen LogP contribution is 2.13. The molecule has 1 fully saturated rings. The number of halogens is 1. The number of nitrogens with one attached hydrogen (secondary N) is 2. The molecule has 0 saturated carbocycles. The van der Waals surface area contributed by atoms with Gasteiger partial charge in [0, 0.05) is 11.7 Å². The highest BCUT2D eigenvalue weighted by molar-refractivity contribution is 5.92. The molecule has 0 radical (unpaired) electrons. The fourth-order valence-electron chi connectivity index (χ4n) is 2.87. The Hall–Kier alpha value is -1.10. The van der Waals surface area contributed by atoms with Crippen molar-refractivity contribution in [2.75, 3.05) is 32.0 Å². The maximum absolute atomic E-state index is 12.2. The third kappa shape index (κ3) is 5.95. The summed E-state index contributed by atoms with van der Waals surface area (Å²) in [6, 6.07) is 8.59. The van der Waals surface area contributed by atoms with E-state index in [4.69, 9.17) is 0 Å². The number of nitrogens with zero attached hydrogens (tertiary/aromatic N) is 1. The van der Waals surface area contributed by atoms with Crippen LogP contribution in [0.15, 0.2) is 24.3 Å². The second kappa shape index (κ2) is 9.82. The molecule has 1 aliphatic heterocycles. The Kier molecular flexibility index (Phi) is 8.46. The van der Waals surface area contributed by atoms with Gasteiger partial charge in [-0.2, -0.15) is 0 Å². The van der Waals surface area contributed by atoms with Gasteiger partial charge in [-0.3, -0.25) is 9.69 Å². The van der Waals surface area contributed by atoms with E-state index in [1.165, 1.54) is 18.4 Å². The molecule has 1 unspecified atom stereocenters. The van der Waals surface area contributed by atoms with E-state index in [0.29, 0.717) is 12.6 Å². The summed E-state index contributed by atoms with van der Waals surface area (Å²) in [5.41, 5.74) is 2.14. The number of rotatable bonds is 5. The van der Waals surface area contributed by atoms with Crippen molar-refractivity contribution in [3.63, 3.8) is 0 Å². The van der Waals surface area contributed by atoms with Gasteiger partial charge >= 0.3 is 0 Å². The molecule has 0 bridgehead atoms. The number of aryl methyl sites for hydroxylation is 1. The van der Waals surface area contributed by atoms with Crippen LogP contribution >= 0.6 is 12.4 Å². The number of benzene rings is 1. The van der Waals surface area contributed by atoms with E-state index in [1.807, 2.05) is 18.2 Å². The lowest BCUT2D eigenvalue weighted by Gasteiger charge is -2.26. The Labute approximate surface area is 140 Å². The van der Waals surface area contributed by atoms with E-state index in [-0.39, 0.29) is 18.3 Å². The molecule has 0 aliphatic carbocycles. The second-order valence-electron chi connectivity index (χ2n) is 5.85. The van der Waals surface area contributed by atoms with E-state index in [9.17, 15) is 4.79 Å². The maximum Gasteiger partial charge on any atom is 0.238 e. The van der Waals surface area contributed by atoms with Gasteiger partial charge in [0.1, 0.15) is 0 Å². The molecule has 4 nitrogen and oxygen atoms in total. The number of anilines is 1. The molecule has 0 aromatic heterocycles. The number of likely N-dealkylation sites (N-methyl/N-ethyl adjacent to an activating group) is 1. The molecule has 1 heterocycles. The van der Waals surface area contributed by atoms with Crippen LogP contribution in [0, 0.1) is 0 Å². The van der Waals surface area contributed by atoms with Gasteiger partial charge in [-0.05, 0) is 63.5 Å². The first-order chi connectivity index (χ1) is 10.2. The average molecular weight is 326 g/mol. The molecule has 2 rings (SSSR count). The van der Waals surface area contributed by atoms with E-state index >= 15 is 0 Å². The van der Waals surface area contributed by atoms with Crippen LogP contribution in [0.5, 0.6) is 0 Å². The summed E-state index contributed by atoms with van der Waals surface area (Å²) in [6.45, 7) is 4.73. The number of carbonyl (C=O) groups excluding carboxylic acids is 1. The summed E-state index contributed by atoms with van der Waals surface area (Å²) >= 11 is 0. The number of carbonyl (C=O) groups is 1. The van der Waals surface area contributed by atoms with Crippen molar-refractivity contribution in [1.82, 2.24) is 10.2 Å². The van der Waals surface area contributed by atoms with Crippen molar-refractivity contribution in [3.05, 3.63) is 29.8 Å².